The lowest BCUT2D eigenvalue weighted by Gasteiger charge is -1.95. The average molecular weight is 143 g/mol. The van der Waals surface area contributed by atoms with Crippen LogP contribution in [0.4, 0.5) is 4.79 Å². The number of carbonyl (C=O) groups is 1. The summed E-state index contributed by atoms with van der Waals surface area (Å²) < 4.78 is 4.64. The summed E-state index contributed by atoms with van der Waals surface area (Å²) in [7, 11) is 1.60. The Labute approximate surface area is 58.6 Å². The monoisotopic (exact) mass is 143 g/mol. The lowest BCUT2D eigenvalue weighted by molar-refractivity contribution is 0.137. The maximum absolute atomic E-state index is 10.7. The predicted octanol–water partition coefficient (Wildman–Crippen LogP) is -0.0511. The number of hydrogen-bond donors (Lipinski definition) is 1. The molecule has 0 unspecified atom stereocenters. The molecular weight excluding hydrogens is 134 g/mol. The summed E-state index contributed by atoms with van der Waals surface area (Å²) >= 11 is 0. The molecule has 1 fully saturated rings. The van der Waals surface area contributed by atoms with Gasteiger partial charge in [-0.05, 0) is 6.92 Å². The number of guanidine groups is 1. The molecule has 56 valence electrons. The summed E-state index contributed by atoms with van der Waals surface area (Å²) in [6, 6.07) is 0. The highest BCUT2D eigenvalue weighted by atomic mass is 16.6. The van der Waals surface area contributed by atoms with Gasteiger partial charge in [0.25, 0.3) is 0 Å². The van der Waals surface area contributed by atoms with Gasteiger partial charge in [0.2, 0.25) is 5.96 Å². The number of hydrazine groups is 1. The minimum atomic E-state index is -0.400. The molecule has 0 spiro atoms. The Kier molecular flexibility index (Phi) is 1.75. The summed E-state index contributed by atoms with van der Waals surface area (Å²) in [4.78, 5) is 14.5. The highest BCUT2D eigenvalue weighted by Gasteiger charge is 2.34. The Hall–Kier alpha value is -1.26. The molecule has 1 heterocycles. The molecule has 1 aliphatic heterocycles. The smallest absolute Gasteiger partial charge is 0.436 e. The van der Waals surface area contributed by atoms with Crippen LogP contribution in [0.2, 0.25) is 0 Å². The zero-order chi connectivity index (χ0) is 7.56. The van der Waals surface area contributed by atoms with E-state index in [9.17, 15) is 4.79 Å². The normalized spacial score (nSPS) is 18.6. The first-order chi connectivity index (χ1) is 4.79. The van der Waals surface area contributed by atoms with Crippen molar-refractivity contribution >= 4 is 12.1 Å². The van der Waals surface area contributed by atoms with Crippen molar-refractivity contribution in [3.63, 3.8) is 0 Å². The molecule has 0 aliphatic carbocycles. The third kappa shape index (κ3) is 1.18. The minimum Gasteiger partial charge on any atom is -0.448 e. The van der Waals surface area contributed by atoms with E-state index in [1.165, 1.54) is 5.01 Å². The second-order valence-electron chi connectivity index (χ2n) is 1.69. The molecule has 5 heteroatoms. The molecule has 0 aromatic rings. The molecule has 1 amide bonds. The van der Waals surface area contributed by atoms with Crippen LogP contribution in [0.15, 0.2) is 4.99 Å². The van der Waals surface area contributed by atoms with Crippen LogP contribution in [0.25, 0.3) is 0 Å². The molecule has 5 nitrogen and oxygen atoms in total. The molecule has 1 saturated heterocycles. The van der Waals surface area contributed by atoms with Crippen LogP contribution in [0.5, 0.6) is 0 Å². The fourth-order valence-corrected chi connectivity index (χ4v) is 0.545. The third-order valence-electron chi connectivity index (χ3n) is 1.04. The number of nitrogens with one attached hydrogen (secondary N) is 1. The van der Waals surface area contributed by atoms with Crippen molar-refractivity contribution in [2.24, 2.45) is 4.99 Å². The molecule has 0 radical (unpaired) electrons. The molecule has 1 aliphatic rings. The number of hydrogen-bond acceptors (Lipinski definition) is 3. The van der Waals surface area contributed by atoms with Crippen LogP contribution in [-0.2, 0) is 4.74 Å². The highest BCUT2D eigenvalue weighted by Crippen LogP contribution is 2.02. The molecule has 0 bridgehead atoms. The van der Waals surface area contributed by atoms with E-state index in [1.807, 2.05) is 0 Å². The van der Waals surface area contributed by atoms with Gasteiger partial charge in [-0.15, -0.1) is 0 Å². The van der Waals surface area contributed by atoms with Gasteiger partial charge in [-0.1, -0.05) is 0 Å². The summed E-state index contributed by atoms with van der Waals surface area (Å²) in [6.45, 7) is 2.14. The van der Waals surface area contributed by atoms with Crippen molar-refractivity contribution in [3.05, 3.63) is 0 Å². The van der Waals surface area contributed by atoms with Crippen LogP contribution in [0, 0.1) is 0 Å². The largest absolute Gasteiger partial charge is 0.448 e. The molecule has 1 rings (SSSR count). The first-order valence-electron chi connectivity index (χ1n) is 3.00. The molecule has 0 saturated carbocycles. The topological polar surface area (TPSA) is 63.6 Å². The predicted molar refractivity (Wildman–Crippen MR) is 35.4 cm³/mol. The van der Waals surface area contributed by atoms with E-state index < -0.39 is 6.09 Å². The minimum absolute atomic E-state index is 0.383. The highest BCUT2D eigenvalue weighted by molar-refractivity contribution is 6.04. The van der Waals surface area contributed by atoms with Gasteiger partial charge in [0.15, 0.2) is 0 Å². The van der Waals surface area contributed by atoms with Crippen LogP contribution < -0.4 is 5.43 Å². The standard InChI is InChI=1S/C5H9N3O2/c1-3-10-5(9)8-4(6-2)7-8/h3H2,1-2H3,(H,6,7). The molecule has 0 aromatic heterocycles. The quantitative estimate of drug-likeness (QED) is 0.523. The number of amides is 1. The van der Waals surface area contributed by atoms with E-state index in [4.69, 9.17) is 0 Å². The van der Waals surface area contributed by atoms with Crippen molar-refractivity contribution in [3.8, 4) is 0 Å². The molecular formula is C5H9N3O2. The van der Waals surface area contributed by atoms with Crippen molar-refractivity contribution in [2.75, 3.05) is 13.7 Å². The number of ether oxygens (including phenoxy) is 1. The SMILES string of the molecule is CCOC(=O)N1NC1=NC. The molecule has 0 aromatic carbocycles. The van der Waals surface area contributed by atoms with Crippen LogP contribution in [0.3, 0.4) is 0 Å². The van der Waals surface area contributed by atoms with Crippen LogP contribution in [-0.4, -0.2) is 30.7 Å². The van der Waals surface area contributed by atoms with Gasteiger partial charge in [-0.25, -0.2) is 4.79 Å². The van der Waals surface area contributed by atoms with Crippen LogP contribution >= 0.6 is 0 Å². The summed E-state index contributed by atoms with van der Waals surface area (Å²) in [5.74, 6) is 0.554. The number of aliphatic imine (C=N–C) groups is 1. The van der Waals surface area contributed by atoms with E-state index in [2.05, 4.69) is 15.2 Å². The third-order valence-corrected chi connectivity index (χ3v) is 1.04. The first kappa shape index (κ1) is 6.85. The number of rotatable bonds is 1. The fraction of sp³-hybridized carbons (Fsp3) is 0.600. The Morgan fingerprint density at radius 2 is 2.60 bits per heavy atom. The Morgan fingerprint density at radius 3 is 3.00 bits per heavy atom. The Bertz CT molecular complexity index is 178. The average Bonchev–Trinajstić information content (AvgIpc) is 2.66. The van der Waals surface area contributed by atoms with E-state index in [-0.39, 0.29) is 0 Å². The van der Waals surface area contributed by atoms with Gasteiger partial charge in [0, 0.05) is 7.05 Å². The summed E-state index contributed by atoms with van der Waals surface area (Å²) in [5, 5.41) is 1.24. The van der Waals surface area contributed by atoms with Gasteiger partial charge in [0.1, 0.15) is 0 Å². The van der Waals surface area contributed by atoms with Gasteiger partial charge >= 0.3 is 6.09 Å². The first-order valence-corrected chi connectivity index (χ1v) is 3.00. The molecule has 10 heavy (non-hydrogen) atoms. The zero-order valence-corrected chi connectivity index (χ0v) is 5.92. The fourth-order valence-electron chi connectivity index (χ4n) is 0.545. The van der Waals surface area contributed by atoms with Gasteiger partial charge < -0.3 is 4.74 Å². The lowest BCUT2D eigenvalue weighted by atomic mass is 10.9. The molecule has 1 N–H and O–H groups in total. The number of carbonyl (C=O) groups excluding carboxylic acids is 1. The van der Waals surface area contributed by atoms with E-state index >= 15 is 0 Å². The van der Waals surface area contributed by atoms with E-state index in [0.29, 0.717) is 12.6 Å². The van der Waals surface area contributed by atoms with Crippen molar-refractivity contribution in [1.29, 1.82) is 0 Å². The second kappa shape index (κ2) is 2.55. The summed E-state index contributed by atoms with van der Waals surface area (Å²) in [6.07, 6.45) is -0.400. The van der Waals surface area contributed by atoms with Crippen molar-refractivity contribution in [1.82, 2.24) is 10.4 Å². The van der Waals surface area contributed by atoms with E-state index in [1.54, 1.807) is 14.0 Å². The van der Waals surface area contributed by atoms with Crippen LogP contribution in [0.1, 0.15) is 6.92 Å². The Balaban J connectivity index is 2.33. The van der Waals surface area contributed by atoms with Gasteiger partial charge in [-0.3, -0.25) is 10.4 Å². The van der Waals surface area contributed by atoms with Crippen molar-refractivity contribution in [2.45, 2.75) is 6.92 Å². The van der Waals surface area contributed by atoms with Gasteiger partial charge in [-0.2, -0.15) is 5.01 Å². The maximum Gasteiger partial charge on any atom is 0.436 e. The van der Waals surface area contributed by atoms with E-state index in [0.717, 1.165) is 0 Å². The number of nitrogens with zero attached hydrogens (tertiary/aromatic N) is 2. The van der Waals surface area contributed by atoms with Gasteiger partial charge in [0.05, 0.1) is 6.61 Å². The molecule has 0 atom stereocenters. The second-order valence-corrected chi connectivity index (χ2v) is 1.69. The van der Waals surface area contributed by atoms with Crippen molar-refractivity contribution < 1.29 is 9.53 Å². The lowest BCUT2D eigenvalue weighted by Crippen LogP contribution is -2.15. The zero-order valence-electron chi connectivity index (χ0n) is 5.92. The summed E-state index contributed by atoms with van der Waals surface area (Å²) in [5.41, 5.74) is 2.61. The maximum atomic E-state index is 10.7. The Morgan fingerprint density at radius 1 is 1.90 bits per heavy atom.